The zero-order chi connectivity index (χ0) is 10.0. The number of methoxy groups -OCH3 is 1. The van der Waals surface area contributed by atoms with E-state index in [9.17, 15) is 9.59 Å². The fourth-order valence-corrected chi connectivity index (χ4v) is 1.45. The number of hydrogen-bond donors (Lipinski definition) is 2. The molecule has 0 aliphatic carbocycles. The molecule has 1 saturated heterocycles. The highest BCUT2D eigenvalue weighted by Crippen LogP contribution is 2.19. The Balaban J connectivity index is 2.71. The summed E-state index contributed by atoms with van der Waals surface area (Å²) in [5.41, 5.74) is 5.04. The van der Waals surface area contributed by atoms with Gasteiger partial charge in [-0.3, -0.25) is 9.69 Å². The summed E-state index contributed by atoms with van der Waals surface area (Å²) in [6, 6.07) is -0.748. The van der Waals surface area contributed by atoms with E-state index in [4.69, 9.17) is 15.6 Å². The summed E-state index contributed by atoms with van der Waals surface area (Å²) >= 11 is 0. The summed E-state index contributed by atoms with van der Waals surface area (Å²) in [6.07, 6.45) is -1.02. The summed E-state index contributed by atoms with van der Waals surface area (Å²) < 4.78 is 4.96. The number of rotatable bonds is 2. The zero-order valence-electron chi connectivity index (χ0n) is 7.27. The number of carbonyl (C=O) groups excluding carboxylic acids is 1. The van der Waals surface area contributed by atoms with Crippen molar-refractivity contribution < 1.29 is 19.4 Å². The molecular formula is C7H12N2O4. The van der Waals surface area contributed by atoms with E-state index in [1.54, 1.807) is 0 Å². The van der Waals surface area contributed by atoms with E-state index in [-0.39, 0.29) is 12.6 Å². The number of carboxylic acid groups (broad SMARTS) is 1. The number of primary amides is 1. The molecule has 13 heavy (non-hydrogen) atoms. The number of carbonyl (C=O) groups is 2. The van der Waals surface area contributed by atoms with Gasteiger partial charge in [-0.25, -0.2) is 4.79 Å². The van der Waals surface area contributed by atoms with Crippen molar-refractivity contribution in [3.63, 3.8) is 0 Å². The molecule has 1 fully saturated rings. The van der Waals surface area contributed by atoms with Crippen LogP contribution in [-0.2, 0) is 9.53 Å². The fraction of sp³-hybridized carbons (Fsp3) is 0.714. The lowest BCUT2D eigenvalue weighted by Crippen LogP contribution is -2.43. The van der Waals surface area contributed by atoms with Crippen molar-refractivity contribution in [1.82, 2.24) is 4.90 Å². The van der Waals surface area contributed by atoms with Crippen LogP contribution in [0.5, 0.6) is 0 Å². The van der Waals surface area contributed by atoms with Gasteiger partial charge in [-0.1, -0.05) is 0 Å². The first kappa shape index (κ1) is 9.79. The normalized spacial score (nSPS) is 27.6. The molecular weight excluding hydrogens is 176 g/mol. The third-order valence-electron chi connectivity index (χ3n) is 2.17. The van der Waals surface area contributed by atoms with Crippen molar-refractivity contribution in [2.75, 3.05) is 13.7 Å². The lowest BCUT2D eigenvalue weighted by Gasteiger charge is -2.17. The largest absolute Gasteiger partial charge is 0.465 e. The number of likely N-dealkylation sites (tertiary alicyclic amines) is 1. The van der Waals surface area contributed by atoms with Gasteiger partial charge in [-0.15, -0.1) is 0 Å². The maximum absolute atomic E-state index is 10.8. The van der Waals surface area contributed by atoms with Gasteiger partial charge in [0.1, 0.15) is 6.04 Å². The molecule has 3 N–H and O–H groups in total. The van der Waals surface area contributed by atoms with Crippen LogP contribution in [0.15, 0.2) is 0 Å². The van der Waals surface area contributed by atoms with Crippen LogP contribution in [0.25, 0.3) is 0 Å². The standard InChI is InChI=1S/C7H12N2O4/c1-13-4-2-5(6(8)10)9(3-4)7(11)12/h4-5H,2-3H2,1H3,(H2,8,10)(H,11,12)/t4-,5-/m0/s1. The highest BCUT2D eigenvalue weighted by atomic mass is 16.5. The second-order valence-corrected chi connectivity index (χ2v) is 2.95. The lowest BCUT2D eigenvalue weighted by atomic mass is 10.2. The highest BCUT2D eigenvalue weighted by molar-refractivity contribution is 5.84. The number of amides is 2. The van der Waals surface area contributed by atoms with Gasteiger partial charge in [0.25, 0.3) is 0 Å². The van der Waals surface area contributed by atoms with E-state index in [0.29, 0.717) is 6.42 Å². The average molecular weight is 188 g/mol. The first-order chi connectivity index (χ1) is 6.06. The number of ether oxygens (including phenoxy) is 1. The van der Waals surface area contributed by atoms with Crippen LogP contribution in [0, 0.1) is 0 Å². The monoisotopic (exact) mass is 188 g/mol. The van der Waals surface area contributed by atoms with Gasteiger partial charge in [-0.05, 0) is 0 Å². The SMILES string of the molecule is CO[C@H]1C[C@@H](C(N)=O)N(C(=O)O)C1. The highest BCUT2D eigenvalue weighted by Gasteiger charge is 2.38. The van der Waals surface area contributed by atoms with Gasteiger partial charge >= 0.3 is 6.09 Å². The lowest BCUT2D eigenvalue weighted by molar-refractivity contribution is -0.121. The summed E-state index contributed by atoms with van der Waals surface area (Å²) in [7, 11) is 1.48. The van der Waals surface area contributed by atoms with E-state index in [2.05, 4.69) is 0 Å². The number of nitrogens with two attached hydrogens (primary N) is 1. The molecule has 0 radical (unpaired) electrons. The molecule has 74 valence electrons. The molecule has 6 heteroatoms. The summed E-state index contributed by atoms with van der Waals surface area (Å²) in [5.74, 6) is -0.623. The third-order valence-corrected chi connectivity index (χ3v) is 2.17. The van der Waals surface area contributed by atoms with Crippen molar-refractivity contribution in [3.8, 4) is 0 Å². The van der Waals surface area contributed by atoms with E-state index in [1.807, 2.05) is 0 Å². The van der Waals surface area contributed by atoms with Gasteiger partial charge < -0.3 is 15.6 Å². The Morgan fingerprint density at radius 1 is 1.62 bits per heavy atom. The first-order valence-electron chi connectivity index (χ1n) is 3.88. The maximum atomic E-state index is 10.8. The topological polar surface area (TPSA) is 92.9 Å². The Morgan fingerprint density at radius 3 is 2.54 bits per heavy atom. The van der Waals surface area contributed by atoms with Crippen molar-refractivity contribution in [2.45, 2.75) is 18.6 Å². The van der Waals surface area contributed by atoms with Crippen molar-refractivity contribution in [2.24, 2.45) is 5.73 Å². The zero-order valence-corrected chi connectivity index (χ0v) is 7.27. The van der Waals surface area contributed by atoms with Crippen molar-refractivity contribution in [3.05, 3.63) is 0 Å². The Labute approximate surface area is 75.3 Å². The molecule has 6 nitrogen and oxygen atoms in total. The average Bonchev–Trinajstić information content (AvgIpc) is 2.47. The molecule has 0 aromatic carbocycles. The van der Waals surface area contributed by atoms with E-state index >= 15 is 0 Å². The number of hydrogen-bond acceptors (Lipinski definition) is 3. The van der Waals surface area contributed by atoms with Crippen LogP contribution in [-0.4, -0.2) is 47.8 Å². The predicted octanol–water partition coefficient (Wildman–Crippen LogP) is -0.761. The maximum Gasteiger partial charge on any atom is 0.408 e. The minimum absolute atomic E-state index is 0.208. The van der Waals surface area contributed by atoms with E-state index in [1.165, 1.54) is 7.11 Å². The molecule has 1 rings (SSSR count). The molecule has 0 bridgehead atoms. The molecule has 0 unspecified atom stereocenters. The van der Waals surface area contributed by atoms with Crippen molar-refractivity contribution in [1.29, 1.82) is 0 Å². The Bertz CT molecular complexity index is 209. The predicted molar refractivity (Wildman–Crippen MR) is 43.1 cm³/mol. The molecule has 1 heterocycles. The van der Waals surface area contributed by atoms with Crippen molar-refractivity contribution >= 4 is 12.0 Å². The molecule has 2 amide bonds. The summed E-state index contributed by atoms with van der Waals surface area (Å²) in [6.45, 7) is 0.208. The molecule has 1 aliphatic rings. The van der Waals surface area contributed by atoms with Gasteiger partial charge in [0, 0.05) is 13.5 Å². The van der Waals surface area contributed by atoms with Gasteiger partial charge in [-0.2, -0.15) is 0 Å². The summed E-state index contributed by atoms with van der Waals surface area (Å²) in [4.78, 5) is 22.5. The number of nitrogens with zero attached hydrogens (tertiary/aromatic N) is 1. The third kappa shape index (κ3) is 1.89. The minimum Gasteiger partial charge on any atom is -0.465 e. The van der Waals surface area contributed by atoms with Gasteiger partial charge in [0.05, 0.1) is 12.6 Å². The van der Waals surface area contributed by atoms with Crippen LogP contribution in [0.4, 0.5) is 4.79 Å². The molecule has 1 aliphatic heterocycles. The minimum atomic E-state index is -1.14. The van der Waals surface area contributed by atoms with Crippen LogP contribution in [0.1, 0.15) is 6.42 Å². The fourth-order valence-electron chi connectivity index (χ4n) is 1.45. The van der Waals surface area contributed by atoms with Crippen LogP contribution in [0.3, 0.4) is 0 Å². The van der Waals surface area contributed by atoms with Gasteiger partial charge in [0.15, 0.2) is 0 Å². The molecule has 0 saturated carbocycles. The second-order valence-electron chi connectivity index (χ2n) is 2.95. The molecule has 2 atom stereocenters. The quantitative estimate of drug-likeness (QED) is 0.595. The summed E-state index contributed by atoms with van der Waals surface area (Å²) in [5, 5.41) is 8.71. The van der Waals surface area contributed by atoms with Gasteiger partial charge in [0.2, 0.25) is 5.91 Å². The Kier molecular flexibility index (Phi) is 2.72. The van der Waals surface area contributed by atoms with E-state index < -0.39 is 18.0 Å². The Hall–Kier alpha value is -1.30. The molecule has 0 aromatic rings. The molecule has 0 spiro atoms. The first-order valence-corrected chi connectivity index (χ1v) is 3.88. The van der Waals surface area contributed by atoms with Crippen LogP contribution < -0.4 is 5.73 Å². The molecule has 0 aromatic heterocycles. The Morgan fingerprint density at radius 2 is 2.23 bits per heavy atom. The van der Waals surface area contributed by atoms with Crippen LogP contribution >= 0.6 is 0 Å². The second kappa shape index (κ2) is 3.61. The van der Waals surface area contributed by atoms with E-state index in [0.717, 1.165) is 4.90 Å². The van der Waals surface area contributed by atoms with Crippen LogP contribution in [0.2, 0.25) is 0 Å². The smallest absolute Gasteiger partial charge is 0.408 e.